The number of rotatable bonds is 1. The number of epoxide rings is 1. The van der Waals surface area contributed by atoms with Crippen molar-refractivity contribution < 1.29 is 42.2 Å². The molecule has 101 valence electrons. The zero-order valence-corrected chi connectivity index (χ0v) is 14.3. The van der Waals surface area contributed by atoms with Crippen molar-refractivity contribution in [2.75, 3.05) is 13.1 Å². The number of nitriles is 1. The fourth-order valence-electron chi connectivity index (χ4n) is 2.63. The minimum atomic E-state index is -0.266. The number of aryl methyl sites for hydroxylation is 1. The first-order valence-electron chi connectivity index (χ1n) is 6.50. The quantitative estimate of drug-likeness (QED) is 0.576. The minimum Gasteiger partial charge on any atom is -0.350 e. The van der Waals surface area contributed by atoms with Crippen LogP contribution in [-0.4, -0.2) is 35.6 Å². The molecule has 1 unspecified atom stereocenters. The average Bonchev–Trinajstić information content (AvgIpc) is 3.12. The third-order valence-corrected chi connectivity index (χ3v) is 4.00. The molecule has 2 fully saturated rings. The van der Waals surface area contributed by atoms with Gasteiger partial charge in [0.25, 0.3) is 0 Å². The molecule has 1 atom stereocenters. The number of hydrogen-bond acceptors (Lipinski definition) is 3. The van der Waals surface area contributed by atoms with E-state index in [-0.39, 0.29) is 50.3 Å². The maximum atomic E-state index is 12.3. The van der Waals surface area contributed by atoms with Crippen LogP contribution in [0.15, 0.2) is 18.2 Å². The van der Waals surface area contributed by atoms with Gasteiger partial charge in [-0.15, -0.1) is 0 Å². The number of carbonyl (C=O) groups is 1. The largest absolute Gasteiger partial charge is 0.350 e. The van der Waals surface area contributed by atoms with Crippen LogP contribution in [-0.2, 0) is 37.4 Å². The normalized spacial score (nSPS) is 22.8. The Morgan fingerprint density at radius 2 is 2.20 bits per heavy atom. The Hall–Kier alpha value is -0.756. The predicted octanol–water partition coefficient (Wildman–Crippen LogP) is 1.69. The van der Waals surface area contributed by atoms with E-state index in [9.17, 15) is 4.79 Å². The van der Waals surface area contributed by atoms with Gasteiger partial charge in [-0.2, -0.15) is 35.1 Å². The van der Waals surface area contributed by atoms with Gasteiger partial charge in [-0.3, -0.25) is 4.79 Å². The Morgan fingerprint density at radius 1 is 1.50 bits per heavy atom. The molecule has 0 saturated carbocycles. The number of piperidine rings is 1. The molecule has 2 saturated heterocycles. The number of likely N-dealkylation sites (tertiary alicyclic amines) is 1. The monoisotopic (exact) mass is 344 g/mol. The molecule has 4 nitrogen and oxygen atoms in total. The predicted molar refractivity (Wildman–Crippen MR) is 68.4 cm³/mol. The van der Waals surface area contributed by atoms with E-state index in [1.54, 1.807) is 6.07 Å². The summed E-state index contributed by atoms with van der Waals surface area (Å²) in [5.74, 6) is 0.0419. The van der Waals surface area contributed by atoms with Crippen LogP contribution in [0.25, 0.3) is 0 Å². The molecule has 1 spiro atoms. The van der Waals surface area contributed by atoms with Gasteiger partial charge in [0.15, 0.2) is 12.0 Å². The summed E-state index contributed by atoms with van der Waals surface area (Å²) >= 11 is 0. The van der Waals surface area contributed by atoms with Gasteiger partial charge in [-0.25, -0.2) is 0 Å². The Kier molecular flexibility index (Phi) is 4.63. The third kappa shape index (κ3) is 2.81. The van der Waals surface area contributed by atoms with E-state index in [0.29, 0.717) is 18.7 Å². The van der Waals surface area contributed by atoms with Gasteiger partial charge in [-0.1, -0.05) is 12.5 Å². The van der Waals surface area contributed by atoms with Crippen molar-refractivity contribution in [3.8, 4) is 6.07 Å². The van der Waals surface area contributed by atoms with Crippen LogP contribution in [0.3, 0.4) is 0 Å². The molecule has 2 aliphatic rings. The zero-order valence-electron chi connectivity index (χ0n) is 11.4. The molecule has 20 heavy (non-hydrogen) atoms. The summed E-state index contributed by atoms with van der Waals surface area (Å²) in [5, 5.41) is 8.84. The summed E-state index contributed by atoms with van der Waals surface area (Å²) in [6.45, 7) is 3.27. The second kappa shape index (κ2) is 5.93. The molecule has 0 aliphatic carbocycles. The van der Waals surface area contributed by atoms with E-state index in [0.717, 1.165) is 18.4 Å². The second-order valence-electron chi connectivity index (χ2n) is 5.24. The number of ether oxygens (including phenoxy) is 1. The summed E-state index contributed by atoms with van der Waals surface area (Å²) in [7, 11) is 0. The van der Waals surface area contributed by atoms with Crippen LogP contribution < -0.4 is 0 Å². The number of nitrogens with zero attached hydrogens (tertiary/aromatic N) is 2. The van der Waals surface area contributed by atoms with Crippen molar-refractivity contribution in [3.05, 3.63) is 35.4 Å². The van der Waals surface area contributed by atoms with Crippen LogP contribution in [0.5, 0.6) is 0 Å². The van der Waals surface area contributed by atoms with Gasteiger partial charge in [0.1, 0.15) is 5.60 Å². The number of hydrogen-bond donors (Lipinski definition) is 0. The van der Waals surface area contributed by atoms with Crippen molar-refractivity contribution in [1.82, 2.24) is 4.90 Å². The number of amides is 1. The summed E-state index contributed by atoms with van der Waals surface area (Å²) in [6.07, 6.45) is 1.25. The first-order valence-corrected chi connectivity index (χ1v) is 6.50. The van der Waals surface area contributed by atoms with E-state index in [4.69, 9.17) is 10.00 Å². The second-order valence-corrected chi connectivity index (χ2v) is 5.24. The van der Waals surface area contributed by atoms with Crippen molar-refractivity contribution in [2.24, 2.45) is 0 Å². The van der Waals surface area contributed by atoms with Crippen LogP contribution in [0.2, 0.25) is 0 Å². The molecule has 0 bridgehead atoms. The van der Waals surface area contributed by atoms with Crippen molar-refractivity contribution in [1.29, 1.82) is 5.26 Å². The fraction of sp³-hybridized carbons (Fsp3) is 0.467. The summed E-state index contributed by atoms with van der Waals surface area (Å²) < 4.78 is 5.44. The molecule has 1 aromatic rings. The SMILES string of the molecule is Cc1[c-]cc(C(=O)N2CCC3(CC2)OC3C#N)cc1.[Y]. The molecule has 2 heterocycles. The van der Waals surface area contributed by atoms with Gasteiger partial charge < -0.3 is 9.64 Å². The minimum absolute atomic E-state index is 0. The van der Waals surface area contributed by atoms with Gasteiger partial charge >= 0.3 is 0 Å². The van der Waals surface area contributed by atoms with E-state index >= 15 is 0 Å². The molecule has 1 aromatic carbocycles. The van der Waals surface area contributed by atoms with Gasteiger partial charge in [-0.05, 0) is 12.8 Å². The van der Waals surface area contributed by atoms with Crippen LogP contribution in [0.4, 0.5) is 0 Å². The maximum absolute atomic E-state index is 12.3. The molecule has 2 aliphatic heterocycles. The van der Waals surface area contributed by atoms with Crippen molar-refractivity contribution >= 4 is 5.91 Å². The van der Waals surface area contributed by atoms with Gasteiger partial charge in [0.2, 0.25) is 0 Å². The first kappa shape index (κ1) is 15.6. The molecule has 1 amide bonds. The summed E-state index contributed by atoms with van der Waals surface area (Å²) in [4.78, 5) is 14.1. The smallest absolute Gasteiger partial charge is 0.198 e. The van der Waals surface area contributed by atoms with E-state index in [1.165, 1.54) is 0 Å². The van der Waals surface area contributed by atoms with Crippen LogP contribution >= 0.6 is 0 Å². The fourth-order valence-corrected chi connectivity index (χ4v) is 2.63. The number of benzene rings is 1. The molecular weight excluding hydrogens is 329 g/mol. The topological polar surface area (TPSA) is 56.6 Å². The van der Waals surface area contributed by atoms with Gasteiger partial charge in [0.05, 0.1) is 6.07 Å². The number of carbonyl (C=O) groups excluding carboxylic acids is 1. The van der Waals surface area contributed by atoms with Crippen LogP contribution in [0.1, 0.15) is 28.8 Å². The Labute approximate surface area is 144 Å². The Morgan fingerprint density at radius 3 is 2.70 bits per heavy atom. The molecule has 0 aromatic heterocycles. The van der Waals surface area contributed by atoms with Crippen LogP contribution in [0, 0.1) is 24.3 Å². The standard InChI is InChI=1S/C15H15N2O2.Y/c1-11-2-4-12(5-3-11)14(18)17-8-6-15(7-9-17)13(10-16)19-15;/h2,4-5,13H,6-9H2,1H3;/q-1;. The van der Waals surface area contributed by atoms with E-state index in [1.807, 2.05) is 24.0 Å². The summed E-state index contributed by atoms with van der Waals surface area (Å²) in [5.41, 5.74) is 1.44. The van der Waals surface area contributed by atoms with Crippen molar-refractivity contribution in [3.63, 3.8) is 0 Å². The molecule has 1 radical (unpaired) electrons. The Bertz CT molecular complexity index is 542. The molecule has 5 heteroatoms. The van der Waals surface area contributed by atoms with E-state index in [2.05, 4.69) is 12.1 Å². The van der Waals surface area contributed by atoms with Crippen molar-refractivity contribution in [2.45, 2.75) is 31.5 Å². The first-order chi connectivity index (χ1) is 9.14. The zero-order chi connectivity index (χ0) is 13.5. The molecule has 3 rings (SSSR count). The van der Waals surface area contributed by atoms with E-state index < -0.39 is 0 Å². The maximum Gasteiger partial charge on any atom is 0.198 e. The summed E-state index contributed by atoms with van der Waals surface area (Å²) in [6, 6.07) is 10.7. The average molecular weight is 344 g/mol. The molecule has 0 N–H and O–H groups in total. The van der Waals surface area contributed by atoms with Gasteiger partial charge in [0, 0.05) is 45.8 Å². The third-order valence-electron chi connectivity index (χ3n) is 4.00. The molecular formula is C15H15N2O2Y-. The Balaban J connectivity index is 0.00000147.